The molecular formula is C14H13FN2O. The van der Waals surface area contributed by atoms with Gasteiger partial charge in [-0.1, -0.05) is 6.07 Å². The Balaban J connectivity index is 2.33. The topological polar surface area (TPSA) is 40.2 Å². The molecular weight excluding hydrogens is 231 g/mol. The largest absolute Gasteiger partial charge is 0.472 e. The number of rotatable bonds is 4. The van der Waals surface area contributed by atoms with Crippen LogP contribution in [0.3, 0.4) is 0 Å². The van der Waals surface area contributed by atoms with E-state index in [1.165, 1.54) is 6.07 Å². The molecule has 0 aliphatic carbocycles. The monoisotopic (exact) mass is 244 g/mol. The maximum Gasteiger partial charge on any atom is 0.143 e. The normalized spacial score (nSPS) is 10.1. The van der Waals surface area contributed by atoms with Gasteiger partial charge in [0.2, 0.25) is 0 Å². The van der Waals surface area contributed by atoms with E-state index in [9.17, 15) is 4.39 Å². The molecule has 0 radical (unpaired) electrons. The molecule has 2 aromatic rings. The third-order valence-corrected chi connectivity index (χ3v) is 2.78. The molecule has 0 bridgehead atoms. The number of hydrogen-bond acceptors (Lipinski definition) is 3. The first-order valence-electron chi connectivity index (χ1n) is 5.71. The van der Waals surface area contributed by atoms with E-state index in [4.69, 9.17) is 9.68 Å². The van der Waals surface area contributed by atoms with Crippen molar-refractivity contribution in [2.45, 2.75) is 13.5 Å². The van der Waals surface area contributed by atoms with Gasteiger partial charge in [0.25, 0.3) is 0 Å². The Bertz CT molecular complexity index is 558. The van der Waals surface area contributed by atoms with Crippen molar-refractivity contribution in [3.63, 3.8) is 0 Å². The second-order valence-electron chi connectivity index (χ2n) is 3.89. The Hall–Kier alpha value is -2.28. The van der Waals surface area contributed by atoms with Crippen LogP contribution in [0.15, 0.2) is 41.2 Å². The van der Waals surface area contributed by atoms with Gasteiger partial charge in [0.1, 0.15) is 17.4 Å². The van der Waals surface area contributed by atoms with Crippen molar-refractivity contribution in [2.24, 2.45) is 0 Å². The molecule has 1 aromatic carbocycles. The number of hydrogen-bond donors (Lipinski definition) is 0. The predicted molar refractivity (Wildman–Crippen MR) is 66.5 cm³/mol. The Morgan fingerprint density at radius 1 is 1.39 bits per heavy atom. The molecule has 0 aliphatic rings. The molecule has 2 rings (SSSR count). The molecule has 0 saturated heterocycles. The lowest BCUT2D eigenvalue weighted by molar-refractivity contribution is 0.563. The summed E-state index contributed by atoms with van der Waals surface area (Å²) in [6.45, 7) is 3.24. The third kappa shape index (κ3) is 2.35. The van der Waals surface area contributed by atoms with Gasteiger partial charge in [-0.15, -0.1) is 0 Å². The summed E-state index contributed by atoms with van der Waals surface area (Å²) in [6, 6.07) is 8.44. The molecule has 0 fully saturated rings. The van der Waals surface area contributed by atoms with Crippen molar-refractivity contribution in [1.82, 2.24) is 0 Å². The number of halogens is 1. The van der Waals surface area contributed by atoms with Crippen LogP contribution in [0.2, 0.25) is 0 Å². The van der Waals surface area contributed by atoms with E-state index in [1.54, 1.807) is 24.7 Å². The molecule has 0 saturated carbocycles. The highest BCUT2D eigenvalue weighted by molar-refractivity contribution is 5.59. The van der Waals surface area contributed by atoms with Crippen molar-refractivity contribution >= 4 is 5.69 Å². The Labute approximate surface area is 105 Å². The summed E-state index contributed by atoms with van der Waals surface area (Å²) in [5.74, 6) is -0.486. The summed E-state index contributed by atoms with van der Waals surface area (Å²) in [6.07, 6.45) is 3.24. The molecule has 0 spiro atoms. The average molecular weight is 244 g/mol. The van der Waals surface area contributed by atoms with E-state index < -0.39 is 5.82 Å². The molecule has 1 aromatic heterocycles. The van der Waals surface area contributed by atoms with E-state index in [0.29, 0.717) is 18.8 Å². The zero-order chi connectivity index (χ0) is 13.0. The quantitative estimate of drug-likeness (QED) is 0.828. The molecule has 4 heteroatoms. The van der Waals surface area contributed by atoms with E-state index in [2.05, 4.69) is 0 Å². The summed E-state index contributed by atoms with van der Waals surface area (Å²) in [5.41, 5.74) is 1.69. The molecule has 3 nitrogen and oxygen atoms in total. The summed E-state index contributed by atoms with van der Waals surface area (Å²) in [4.78, 5) is 1.94. The Morgan fingerprint density at radius 2 is 2.22 bits per heavy atom. The molecule has 0 aliphatic heterocycles. The molecule has 1 heterocycles. The zero-order valence-electron chi connectivity index (χ0n) is 10.1. The fourth-order valence-electron chi connectivity index (χ4n) is 1.86. The van der Waals surface area contributed by atoms with Crippen molar-refractivity contribution in [3.8, 4) is 6.07 Å². The van der Waals surface area contributed by atoms with Crippen LogP contribution in [-0.2, 0) is 6.54 Å². The number of benzene rings is 1. The summed E-state index contributed by atoms with van der Waals surface area (Å²) < 4.78 is 18.6. The first kappa shape index (κ1) is 12.2. The van der Waals surface area contributed by atoms with Crippen LogP contribution in [0.4, 0.5) is 10.1 Å². The molecule has 0 unspecified atom stereocenters. The van der Waals surface area contributed by atoms with Crippen molar-refractivity contribution in [1.29, 1.82) is 5.26 Å². The second kappa shape index (κ2) is 5.37. The average Bonchev–Trinajstić information content (AvgIpc) is 2.88. The minimum absolute atomic E-state index is 0.0860. The van der Waals surface area contributed by atoms with Crippen LogP contribution in [0.5, 0.6) is 0 Å². The predicted octanol–water partition coefficient (Wildman–Crippen LogP) is 3.32. The summed E-state index contributed by atoms with van der Waals surface area (Å²) in [5, 5.41) is 9.03. The summed E-state index contributed by atoms with van der Waals surface area (Å²) >= 11 is 0. The van der Waals surface area contributed by atoms with E-state index in [1.807, 2.05) is 24.0 Å². The lowest BCUT2D eigenvalue weighted by Crippen LogP contribution is -2.23. The van der Waals surface area contributed by atoms with Gasteiger partial charge < -0.3 is 9.32 Å². The smallest absolute Gasteiger partial charge is 0.143 e. The number of anilines is 1. The third-order valence-electron chi connectivity index (χ3n) is 2.78. The first-order chi connectivity index (χ1) is 8.76. The van der Waals surface area contributed by atoms with Crippen molar-refractivity contribution < 1.29 is 8.81 Å². The fourth-order valence-corrected chi connectivity index (χ4v) is 1.86. The molecule has 0 amide bonds. The maximum atomic E-state index is 13.6. The minimum Gasteiger partial charge on any atom is -0.472 e. The maximum absolute atomic E-state index is 13.6. The Kier molecular flexibility index (Phi) is 3.63. The number of furan rings is 1. The number of nitrogens with zero attached hydrogens (tertiary/aromatic N) is 2. The Morgan fingerprint density at radius 3 is 2.83 bits per heavy atom. The van der Waals surface area contributed by atoms with Crippen LogP contribution in [0.25, 0.3) is 0 Å². The molecule has 18 heavy (non-hydrogen) atoms. The van der Waals surface area contributed by atoms with Gasteiger partial charge >= 0.3 is 0 Å². The highest BCUT2D eigenvalue weighted by atomic mass is 19.1. The van der Waals surface area contributed by atoms with Gasteiger partial charge in [-0.25, -0.2) is 4.39 Å². The highest BCUT2D eigenvalue weighted by Gasteiger charge is 2.14. The summed E-state index contributed by atoms with van der Waals surface area (Å²) in [7, 11) is 0. The van der Waals surface area contributed by atoms with E-state index in [-0.39, 0.29) is 5.56 Å². The van der Waals surface area contributed by atoms with Gasteiger partial charge in [-0.05, 0) is 25.1 Å². The SMILES string of the molecule is CCN(Cc1ccoc1)c1cccc(F)c1C#N. The van der Waals surface area contributed by atoms with Crippen LogP contribution in [0.1, 0.15) is 18.1 Å². The minimum atomic E-state index is -0.486. The lowest BCUT2D eigenvalue weighted by atomic mass is 10.1. The van der Waals surface area contributed by atoms with Crippen LogP contribution in [0, 0.1) is 17.1 Å². The van der Waals surface area contributed by atoms with Crippen LogP contribution < -0.4 is 4.90 Å². The van der Waals surface area contributed by atoms with Gasteiger partial charge in [0.05, 0.1) is 18.2 Å². The van der Waals surface area contributed by atoms with E-state index in [0.717, 1.165) is 5.56 Å². The van der Waals surface area contributed by atoms with Gasteiger partial charge in [0.15, 0.2) is 0 Å². The fraction of sp³-hybridized carbons (Fsp3) is 0.214. The first-order valence-corrected chi connectivity index (χ1v) is 5.71. The lowest BCUT2D eigenvalue weighted by Gasteiger charge is -2.23. The number of nitriles is 1. The standard InChI is InChI=1S/C14H13FN2O/c1-2-17(9-11-6-7-18-10-11)14-5-3-4-13(15)12(14)8-16/h3-7,10H,2,9H2,1H3. The molecule has 0 N–H and O–H groups in total. The van der Waals surface area contributed by atoms with Crippen LogP contribution in [-0.4, -0.2) is 6.54 Å². The van der Waals surface area contributed by atoms with Gasteiger partial charge in [0, 0.05) is 18.7 Å². The molecule has 0 atom stereocenters. The van der Waals surface area contributed by atoms with Gasteiger partial charge in [-0.3, -0.25) is 0 Å². The van der Waals surface area contributed by atoms with Gasteiger partial charge in [-0.2, -0.15) is 5.26 Å². The van der Waals surface area contributed by atoms with E-state index >= 15 is 0 Å². The highest BCUT2D eigenvalue weighted by Crippen LogP contribution is 2.24. The van der Waals surface area contributed by atoms with Crippen molar-refractivity contribution in [2.75, 3.05) is 11.4 Å². The van der Waals surface area contributed by atoms with Crippen LogP contribution >= 0.6 is 0 Å². The second-order valence-corrected chi connectivity index (χ2v) is 3.89. The molecule has 92 valence electrons. The zero-order valence-corrected chi connectivity index (χ0v) is 10.1. The van der Waals surface area contributed by atoms with Crippen molar-refractivity contribution in [3.05, 3.63) is 53.7 Å².